The van der Waals surface area contributed by atoms with Gasteiger partial charge in [0.1, 0.15) is 0 Å². The molecule has 0 spiro atoms. The molecule has 1 amide bonds. The summed E-state index contributed by atoms with van der Waals surface area (Å²) in [6, 6.07) is 16.5. The number of aryl methyl sites for hydroxylation is 2. The molecular weight excluding hydrogens is 320 g/mol. The Morgan fingerprint density at radius 1 is 1.19 bits per heavy atom. The summed E-state index contributed by atoms with van der Waals surface area (Å²) in [5, 5.41) is 4.29. The van der Waals surface area contributed by atoms with Crippen molar-refractivity contribution >= 4 is 16.8 Å². The van der Waals surface area contributed by atoms with Gasteiger partial charge in [-0.15, -0.1) is 0 Å². The smallest absolute Gasteiger partial charge is 0.251 e. The summed E-state index contributed by atoms with van der Waals surface area (Å²) >= 11 is 0. The zero-order valence-electron chi connectivity index (χ0n) is 15.3. The first kappa shape index (κ1) is 16.9. The van der Waals surface area contributed by atoms with Crippen LogP contribution in [-0.4, -0.2) is 17.4 Å². The largest absolute Gasteiger partial charge is 0.358 e. The molecule has 1 atom stereocenters. The number of nitrogens with one attached hydrogen (secondary N) is 2. The summed E-state index contributed by atoms with van der Waals surface area (Å²) in [7, 11) is 0. The van der Waals surface area contributed by atoms with Crippen LogP contribution in [0.5, 0.6) is 0 Å². The van der Waals surface area contributed by atoms with Crippen LogP contribution in [0.4, 0.5) is 0 Å². The van der Waals surface area contributed by atoms with E-state index in [0.717, 1.165) is 42.7 Å². The van der Waals surface area contributed by atoms with Crippen molar-refractivity contribution in [2.75, 3.05) is 6.54 Å². The van der Waals surface area contributed by atoms with Gasteiger partial charge < -0.3 is 10.3 Å². The number of H-pyrrole nitrogens is 1. The van der Waals surface area contributed by atoms with Crippen molar-refractivity contribution in [3.8, 4) is 0 Å². The van der Waals surface area contributed by atoms with Crippen LogP contribution < -0.4 is 5.32 Å². The van der Waals surface area contributed by atoms with Crippen LogP contribution in [0.25, 0.3) is 10.9 Å². The van der Waals surface area contributed by atoms with E-state index in [1.54, 1.807) is 0 Å². The van der Waals surface area contributed by atoms with Crippen LogP contribution >= 0.6 is 0 Å². The third-order valence-corrected chi connectivity index (χ3v) is 5.47. The molecule has 1 aliphatic rings. The second kappa shape index (κ2) is 7.36. The van der Waals surface area contributed by atoms with Crippen molar-refractivity contribution in [3.63, 3.8) is 0 Å². The predicted molar refractivity (Wildman–Crippen MR) is 107 cm³/mol. The van der Waals surface area contributed by atoms with Gasteiger partial charge in [-0.2, -0.15) is 0 Å². The van der Waals surface area contributed by atoms with Gasteiger partial charge in [0.15, 0.2) is 0 Å². The summed E-state index contributed by atoms with van der Waals surface area (Å²) in [5.74, 6) is 0.746. The van der Waals surface area contributed by atoms with E-state index in [9.17, 15) is 4.79 Å². The molecule has 0 aliphatic heterocycles. The van der Waals surface area contributed by atoms with Crippen LogP contribution in [0.2, 0.25) is 0 Å². The topological polar surface area (TPSA) is 44.9 Å². The zero-order valence-corrected chi connectivity index (χ0v) is 15.3. The first-order valence-electron chi connectivity index (χ1n) is 9.66. The maximum absolute atomic E-state index is 12.5. The summed E-state index contributed by atoms with van der Waals surface area (Å²) in [4.78, 5) is 16.1. The molecule has 4 rings (SSSR count). The fourth-order valence-corrected chi connectivity index (χ4v) is 3.97. The van der Waals surface area contributed by atoms with Crippen LogP contribution in [-0.2, 0) is 19.3 Å². The standard InChI is InChI=1S/C23H26N2O/c1-16-9-11-21-19(14-16)20-15-18(10-12-22(20)25-21)23(26)24-13-5-8-17-6-3-2-4-7-17/h2-4,6-7,10,12,15-16,25H,5,8-9,11,13-14H2,1H3,(H,24,26). The molecule has 1 unspecified atom stereocenters. The molecule has 0 radical (unpaired) electrons. The van der Waals surface area contributed by atoms with Gasteiger partial charge in [0, 0.05) is 28.7 Å². The van der Waals surface area contributed by atoms with Crippen LogP contribution in [0, 0.1) is 5.92 Å². The Bertz CT molecular complexity index is 911. The molecule has 0 bridgehead atoms. The third-order valence-electron chi connectivity index (χ3n) is 5.47. The quantitative estimate of drug-likeness (QED) is 0.649. The minimum Gasteiger partial charge on any atom is -0.358 e. The van der Waals surface area contributed by atoms with Gasteiger partial charge >= 0.3 is 0 Å². The lowest BCUT2D eigenvalue weighted by Crippen LogP contribution is -2.24. The van der Waals surface area contributed by atoms with Crippen molar-refractivity contribution in [2.24, 2.45) is 5.92 Å². The second-order valence-corrected chi connectivity index (χ2v) is 7.54. The molecule has 0 fully saturated rings. The molecule has 0 saturated carbocycles. The fourth-order valence-electron chi connectivity index (χ4n) is 3.97. The van der Waals surface area contributed by atoms with Crippen molar-refractivity contribution in [3.05, 3.63) is 70.9 Å². The van der Waals surface area contributed by atoms with Crippen molar-refractivity contribution < 1.29 is 4.79 Å². The van der Waals surface area contributed by atoms with Gasteiger partial charge in [0.25, 0.3) is 5.91 Å². The first-order valence-corrected chi connectivity index (χ1v) is 9.66. The van der Waals surface area contributed by atoms with E-state index in [2.05, 4.69) is 53.6 Å². The van der Waals surface area contributed by atoms with Gasteiger partial charge in [0.05, 0.1) is 0 Å². The van der Waals surface area contributed by atoms with E-state index >= 15 is 0 Å². The van der Waals surface area contributed by atoms with E-state index in [0.29, 0.717) is 6.54 Å². The van der Waals surface area contributed by atoms with E-state index in [1.165, 1.54) is 28.6 Å². The van der Waals surface area contributed by atoms with Gasteiger partial charge in [-0.3, -0.25) is 4.79 Å². The van der Waals surface area contributed by atoms with Crippen molar-refractivity contribution in [2.45, 2.75) is 39.0 Å². The van der Waals surface area contributed by atoms with Gasteiger partial charge in [-0.25, -0.2) is 0 Å². The molecule has 3 nitrogen and oxygen atoms in total. The SMILES string of the molecule is CC1CCc2[nH]c3ccc(C(=O)NCCCc4ccccc4)cc3c2C1. The van der Waals surface area contributed by atoms with E-state index in [4.69, 9.17) is 0 Å². The molecule has 1 heterocycles. The molecule has 3 aromatic rings. The van der Waals surface area contributed by atoms with Crippen LogP contribution in [0.15, 0.2) is 48.5 Å². The Hall–Kier alpha value is -2.55. The summed E-state index contributed by atoms with van der Waals surface area (Å²) in [6.07, 6.45) is 5.41. The normalized spacial score (nSPS) is 16.4. The number of aromatic amines is 1. The first-order chi connectivity index (χ1) is 12.7. The average molecular weight is 346 g/mol. The van der Waals surface area contributed by atoms with Gasteiger partial charge in [-0.1, -0.05) is 37.3 Å². The second-order valence-electron chi connectivity index (χ2n) is 7.54. The van der Waals surface area contributed by atoms with E-state index in [-0.39, 0.29) is 5.91 Å². The number of carbonyl (C=O) groups is 1. The zero-order chi connectivity index (χ0) is 17.9. The average Bonchev–Trinajstić information content (AvgIpc) is 3.03. The molecule has 2 N–H and O–H groups in total. The fraction of sp³-hybridized carbons (Fsp3) is 0.348. The molecule has 2 aromatic carbocycles. The number of amides is 1. The maximum Gasteiger partial charge on any atom is 0.251 e. The monoisotopic (exact) mass is 346 g/mol. The minimum absolute atomic E-state index is 0.0266. The van der Waals surface area contributed by atoms with Gasteiger partial charge in [0.2, 0.25) is 0 Å². The predicted octanol–water partition coefficient (Wildman–Crippen LogP) is 4.66. The molecular formula is C23H26N2O. The van der Waals surface area contributed by atoms with E-state index < -0.39 is 0 Å². The number of carbonyl (C=O) groups excluding carboxylic acids is 1. The molecule has 3 heteroatoms. The van der Waals surface area contributed by atoms with E-state index in [1.807, 2.05) is 12.1 Å². The highest BCUT2D eigenvalue weighted by Gasteiger charge is 2.20. The highest BCUT2D eigenvalue weighted by atomic mass is 16.1. The summed E-state index contributed by atoms with van der Waals surface area (Å²) < 4.78 is 0. The van der Waals surface area contributed by atoms with Crippen LogP contribution in [0.3, 0.4) is 0 Å². The molecule has 0 saturated heterocycles. The number of aromatic nitrogens is 1. The molecule has 1 aromatic heterocycles. The Balaban J connectivity index is 1.41. The summed E-state index contributed by atoms with van der Waals surface area (Å²) in [6.45, 7) is 3.01. The van der Waals surface area contributed by atoms with Crippen molar-refractivity contribution in [1.29, 1.82) is 0 Å². The third kappa shape index (κ3) is 3.52. The summed E-state index contributed by atoms with van der Waals surface area (Å²) in [5.41, 5.74) is 6.01. The lowest BCUT2D eigenvalue weighted by molar-refractivity contribution is 0.0953. The lowest BCUT2D eigenvalue weighted by Gasteiger charge is -2.18. The molecule has 134 valence electrons. The number of rotatable bonds is 5. The molecule has 26 heavy (non-hydrogen) atoms. The Morgan fingerprint density at radius 3 is 2.88 bits per heavy atom. The number of fused-ring (bicyclic) bond motifs is 3. The Labute approximate surface area is 154 Å². The number of hydrogen-bond donors (Lipinski definition) is 2. The lowest BCUT2D eigenvalue weighted by atomic mass is 9.87. The number of hydrogen-bond acceptors (Lipinski definition) is 1. The molecule has 1 aliphatic carbocycles. The Kier molecular flexibility index (Phi) is 4.79. The van der Waals surface area contributed by atoms with Crippen molar-refractivity contribution in [1.82, 2.24) is 10.3 Å². The van der Waals surface area contributed by atoms with Crippen LogP contribution in [0.1, 0.15) is 46.9 Å². The highest BCUT2D eigenvalue weighted by Crippen LogP contribution is 2.32. The highest BCUT2D eigenvalue weighted by molar-refractivity contribution is 5.99. The number of benzene rings is 2. The maximum atomic E-state index is 12.5. The Morgan fingerprint density at radius 2 is 2.04 bits per heavy atom. The minimum atomic E-state index is 0.0266. The van der Waals surface area contributed by atoms with Gasteiger partial charge in [-0.05, 0) is 67.3 Å².